The lowest BCUT2D eigenvalue weighted by molar-refractivity contribution is 0.101. The van der Waals surface area contributed by atoms with Crippen LogP contribution in [0.15, 0.2) is 24.7 Å². The highest BCUT2D eigenvalue weighted by Crippen LogP contribution is 2.20. The zero-order chi connectivity index (χ0) is 14.0. The molecule has 100 valence electrons. The zero-order valence-corrected chi connectivity index (χ0v) is 11.9. The van der Waals surface area contributed by atoms with Gasteiger partial charge in [0.25, 0.3) is 5.91 Å². The van der Waals surface area contributed by atoms with Crippen molar-refractivity contribution in [2.24, 2.45) is 0 Å². The lowest BCUT2D eigenvalue weighted by Crippen LogP contribution is -2.18. The van der Waals surface area contributed by atoms with Gasteiger partial charge in [0.05, 0.1) is 5.02 Å². The first-order valence-electron chi connectivity index (χ1n) is 5.63. The summed E-state index contributed by atoms with van der Waals surface area (Å²) in [5, 5.41) is 3.43. The number of halogens is 2. The molecule has 19 heavy (non-hydrogen) atoms. The molecule has 2 aromatic heterocycles. The number of hydrogen-bond acceptors (Lipinski definition) is 3. The highest BCUT2D eigenvalue weighted by molar-refractivity contribution is 6.31. The van der Waals surface area contributed by atoms with Gasteiger partial charge in [-0.3, -0.25) is 4.79 Å². The second-order valence-electron chi connectivity index (χ2n) is 4.22. The molecule has 0 aromatic carbocycles. The van der Waals surface area contributed by atoms with Crippen LogP contribution in [0.4, 0.5) is 5.82 Å². The molecule has 0 bridgehead atoms. The molecule has 0 aliphatic carbocycles. The average molecular weight is 299 g/mol. The first-order chi connectivity index (χ1) is 8.97. The second-order valence-corrected chi connectivity index (χ2v) is 5.05. The number of nitrogens with one attached hydrogen (secondary N) is 1. The fourth-order valence-electron chi connectivity index (χ4n) is 1.64. The van der Waals surface area contributed by atoms with E-state index in [9.17, 15) is 4.79 Å². The summed E-state index contributed by atoms with van der Waals surface area (Å²) in [6, 6.07) is 3.21. The minimum absolute atomic E-state index is 0.127. The van der Waals surface area contributed by atoms with Crippen LogP contribution in [0.25, 0.3) is 0 Å². The predicted octanol–water partition coefficient (Wildman–Crippen LogP) is 3.42. The van der Waals surface area contributed by atoms with Crippen molar-refractivity contribution in [2.45, 2.75) is 19.9 Å². The summed E-state index contributed by atoms with van der Waals surface area (Å²) in [7, 11) is 0. The van der Waals surface area contributed by atoms with Gasteiger partial charge in [0.2, 0.25) is 0 Å². The van der Waals surface area contributed by atoms with E-state index >= 15 is 0 Å². The first-order valence-corrected chi connectivity index (χ1v) is 6.39. The van der Waals surface area contributed by atoms with Crippen molar-refractivity contribution in [3.8, 4) is 0 Å². The fourth-order valence-corrected chi connectivity index (χ4v) is 1.99. The van der Waals surface area contributed by atoms with Gasteiger partial charge in [-0.25, -0.2) is 9.97 Å². The average Bonchev–Trinajstić information content (AvgIpc) is 2.71. The van der Waals surface area contributed by atoms with E-state index in [0.717, 1.165) is 0 Å². The number of anilines is 1. The number of hydrogen-bond donors (Lipinski definition) is 1. The molecule has 2 rings (SSSR count). The Labute approximate surface area is 120 Å². The van der Waals surface area contributed by atoms with Crippen molar-refractivity contribution in [1.29, 1.82) is 0 Å². The molecule has 0 aliphatic rings. The predicted molar refractivity (Wildman–Crippen MR) is 74.8 cm³/mol. The monoisotopic (exact) mass is 298 g/mol. The molecule has 0 unspecified atom stereocenters. The number of rotatable bonds is 3. The van der Waals surface area contributed by atoms with Crippen LogP contribution in [0.1, 0.15) is 30.4 Å². The summed E-state index contributed by atoms with van der Waals surface area (Å²) in [5.41, 5.74) is 0.467. The third-order valence-corrected chi connectivity index (χ3v) is 2.89. The number of carbonyl (C=O) groups excluding carboxylic acids is 1. The number of carbonyl (C=O) groups is 1. The molecule has 2 heterocycles. The Morgan fingerprint density at radius 3 is 2.68 bits per heavy atom. The number of nitrogens with zero attached hydrogens (tertiary/aromatic N) is 3. The summed E-state index contributed by atoms with van der Waals surface area (Å²) in [4.78, 5) is 19.8. The van der Waals surface area contributed by atoms with E-state index in [1.54, 1.807) is 16.8 Å². The molecule has 0 saturated heterocycles. The van der Waals surface area contributed by atoms with Gasteiger partial charge in [-0.1, -0.05) is 23.2 Å². The topological polar surface area (TPSA) is 59.8 Å². The minimum Gasteiger partial charge on any atom is -0.339 e. The van der Waals surface area contributed by atoms with Crippen molar-refractivity contribution in [1.82, 2.24) is 14.5 Å². The largest absolute Gasteiger partial charge is 0.339 e. The van der Waals surface area contributed by atoms with Gasteiger partial charge in [0, 0.05) is 18.3 Å². The van der Waals surface area contributed by atoms with Crippen molar-refractivity contribution < 1.29 is 4.79 Å². The van der Waals surface area contributed by atoms with Crippen LogP contribution < -0.4 is 5.32 Å². The van der Waals surface area contributed by atoms with E-state index in [2.05, 4.69) is 15.3 Å². The minimum atomic E-state index is -0.296. The Morgan fingerprint density at radius 2 is 2.05 bits per heavy atom. The maximum absolute atomic E-state index is 12.2. The summed E-state index contributed by atoms with van der Waals surface area (Å²) < 4.78 is 1.79. The van der Waals surface area contributed by atoms with Crippen LogP contribution in [0.5, 0.6) is 0 Å². The van der Waals surface area contributed by atoms with Gasteiger partial charge in [0.1, 0.15) is 23.0 Å². The van der Waals surface area contributed by atoms with Crippen LogP contribution in [-0.2, 0) is 0 Å². The van der Waals surface area contributed by atoms with Crippen LogP contribution >= 0.6 is 23.2 Å². The summed E-state index contributed by atoms with van der Waals surface area (Å²) >= 11 is 11.7. The molecular formula is C12H12Cl2N4O. The zero-order valence-electron chi connectivity index (χ0n) is 10.4. The van der Waals surface area contributed by atoms with Gasteiger partial charge in [-0.15, -0.1) is 0 Å². The van der Waals surface area contributed by atoms with E-state index in [0.29, 0.717) is 16.5 Å². The molecule has 5 nitrogen and oxygen atoms in total. The quantitative estimate of drug-likeness (QED) is 0.883. The van der Waals surface area contributed by atoms with Crippen LogP contribution in [0.2, 0.25) is 10.2 Å². The van der Waals surface area contributed by atoms with Gasteiger partial charge >= 0.3 is 0 Å². The normalized spacial score (nSPS) is 10.8. The molecule has 0 spiro atoms. The Balaban J connectivity index is 2.25. The van der Waals surface area contributed by atoms with Gasteiger partial charge in [0.15, 0.2) is 0 Å². The molecule has 0 aliphatic heterocycles. The smallest absolute Gasteiger partial charge is 0.273 e. The Morgan fingerprint density at radius 1 is 1.32 bits per heavy atom. The van der Waals surface area contributed by atoms with Gasteiger partial charge in [-0.05, 0) is 19.9 Å². The van der Waals surface area contributed by atoms with Crippen LogP contribution in [0.3, 0.4) is 0 Å². The van der Waals surface area contributed by atoms with E-state index in [1.807, 2.05) is 13.8 Å². The van der Waals surface area contributed by atoms with Crippen LogP contribution in [0, 0.1) is 0 Å². The van der Waals surface area contributed by atoms with Crippen molar-refractivity contribution >= 4 is 34.9 Å². The molecule has 0 fully saturated rings. The van der Waals surface area contributed by atoms with Crippen molar-refractivity contribution in [3.63, 3.8) is 0 Å². The maximum Gasteiger partial charge on any atom is 0.273 e. The van der Waals surface area contributed by atoms with E-state index in [4.69, 9.17) is 23.2 Å². The van der Waals surface area contributed by atoms with Crippen molar-refractivity contribution in [2.75, 3.05) is 5.32 Å². The Hall–Kier alpha value is -1.59. The van der Waals surface area contributed by atoms with Gasteiger partial charge in [-0.2, -0.15) is 0 Å². The third-order valence-electron chi connectivity index (χ3n) is 2.48. The third kappa shape index (κ3) is 3.24. The molecule has 0 atom stereocenters. The first kappa shape index (κ1) is 13.8. The molecular weight excluding hydrogens is 287 g/mol. The highest BCUT2D eigenvalue weighted by atomic mass is 35.5. The molecule has 7 heteroatoms. The maximum atomic E-state index is 12.2. The van der Waals surface area contributed by atoms with E-state index in [-0.39, 0.29) is 17.1 Å². The van der Waals surface area contributed by atoms with Crippen molar-refractivity contribution in [3.05, 3.63) is 40.5 Å². The molecule has 0 radical (unpaired) electrons. The molecule has 1 amide bonds. The van der Waals surface area contributed by atoms with E-state index in [1.165, 1.54) is 12.4 Å². The lowest BCUT2D eigenvalue weighted by Gasteiger charge is -2.12. The lowest BCUT2D eigenvalue weighted by atomic mass is 10.3. The second kappa shape index (κ2) is 5.59. The molecule has 0 saturated carbocycles. The van der Waals surface area contributed by atoms with E-state index < -0.39 is 0 Å². The number of aromatic nitrogens is 3. The standard InChI is InChI=1S/C12H12Cl2N4O/c1-7(2)18-5-8(13)3-9(18)12(19)17-11-4-10(14)15-6-16-11/h3-7H,1-2H3,(H,15,16,17,19). The number of amides is 1. The van der Waals surface area contributed by atoms with Gasteiger partial charge < -0.3 is 9.88 Å². The Bertz CT molecular complexity index is 610. The Kier molecular flexibility index (Phi) is 4.07. The summed E-state index contributed by atoms with van der Waals surface area (Å²) in [6.45, 7) is 3.93. The highest BCUT2D eigenvalue weighted by Gasteiger charge is 2.15. The summed E-state index contributed by atoms with van der Waals surface area (Å²) in [6.07, 6.45) is 3.00. The fraction of sp³-hybridized carbons (Fsp3) is 0.250. The summed E-state index contributed by atoms with van der Waals surface area (Å²) in [5.74, 6) is 0.0491. The molecule has 1 N–H and O–H groups in total. The van der Waals surface area contributed by atoms with Crippen LogP contribution in [-0.4, -0.2) is 20.4 Å². The SMILES string of the molecule is CC(C)n1cc(Cl)cc1C(=O)Nc1cc(Cl)ncn1. The molecule has 2 aromatic rings.